The van der Waals surface area contributed by atoms with Crippen LogP contribution < -0.4 is 21.9 Å². The normalized spacial score (nSPS) is 11.1. The number of nitrogens with one attached hydrogen (secondary N) is 1. The molecular weight excluding hydrogens is 400 g/mol. The number of aromatic nitrogens is 2. The van der Waals surface area contributed by atoms with E-state index in [0.717, 1.165) is 23.5 Å². The molecule has 0 radical (unpaired) electrons. The molecule has 30 heavy (non-hydrogen) atoms. The molecule has 0 unspecified atom stereocenters. The van der Waals surface area contributed by atoms with E-state index in [1.165, 1.54) is 9.47 Å². The van der Waals surface area contributed by atoms with Gasteiger partial charge in [-0.1, -0.05) is 45.4 Å². The van der Waals surface area contributed by atoms with Crippen molar-refractivity contribution in [2.45, 2.75) is 57.9 Å². The Morgan fingerprint density at radius 1 is 1.20 bits per heavy atom. The molecule has 7 nitrogen and oxygen atoms in total. The third-order valence-corrected chi connectivity index (χ3v) is 5.71. The lowest BCUT2D eigenvalue weighted by molar-refractivity contribution is -0.118. The smallest absolute Gasteiger partial charge is 0.330 e. The van der Waals surface area contributed by atoms with Gasteiger partial charge in [0, 0.05) is 24.4 Å². The van der Waals surface area contributed by atoms with Crippen molar-refractivity contribution in [2.24, 2.45) is 5.92 Å². The first-order valence-electron chi connectivity index (χ1n) is 10.5. The molecule has 0 bridgehead atoms. The van der Waals surface area contributed by atoms with Gasteiger partial charge >= 0.3 is 5.69 Å². The van der Waals surface area contributed by atoms with Crippen LogP contribution in [0.3, 0.4) is 0 Å². The zero-order valence-corrected chi connectivity index (χ0v) is 18.8. The lowest BCUT2D eigenvalue weighted by Gasteiger charge is -2.25. The fourth-order valence-corrected chi connectivity index (χ4v) is 4.00. The number of nitrogens with zero attached hydrogens (tertiary/aromatic N) is 2. The summed E-state index contributed by atoms with van der Waals surface area (Å²) in [6, 6.07) is 10.0. The Labute approximate surface area is 181 Å². The van der Waals surface area contributed by atoms with E-state index in [0.29, 0.717) is 25.9 Å². The zero-order chi connectivity index (χ0) is 22.1. The van der Waals surface area contributed by atoms with E-state index in [9.17, 15) is 14.4 Å². The van der Waals surface area contributed by atoms with Crippen molar-refractivity contribution in [2.75, 3.05) is 22.9 Å². The average Bonchev–Trinajstić information content (AvgIpc) is 2.71. The van der Waals surface area contributed by atoms with E-state index in [2.05, 4.69) is 4.98 Å². The van der Waals surface area contributed by atoms with Crippen LogP contribution >= 0.6 is 11.8 Å². The molecule has 0 aliphatic heterocycles. The lowest BCUT2D eigenvalue weighted by Crippen LogP contribution is -2.42. The topological polar surface area (TPSA) is 101 Å². The Hall–Kier alpha value is -2.48. The summed E-state index contributed by atoms with van der Waals surface area (Å²) in [4.78, 5) is 42.8. The van der Waals surface area contributed by atoms with Gasteiger partial charge in [-0.05, 0) is 36.6 Å². The monoisotopic (exact) mass is 432 g/mol. The van der Waals surface area contributed by atoms with Crippen molar-refractivity contribution in [3.63, 3.8) is 0 Å². The minimum Gasteiger partial charge on any atom is -0.383 e. The van der Waals surface area contributed by atoms with Gasteiger partial charge in [0.05, 0.1) is 0 Å². The first kappa shape index (κ1) is 23.8. The first-order chi connectivity index (χ1) is 14.3. The fraction of sp³-hybridized carbons (Fsp3) is 0.500. The van der Waals surface area contributed by atoms with Gasteiger partial charge < -0.3 is 10.6 Å². The van der Waals surface area contributed by atoms with Crippen molar-refractivity contribution in [3.8, 4) is 0 Å². The van der Waals surface area contributed by atoms with Gasteiger partial charge in [-0.25, -0.2) is 4.79 Å². The Bertz CT molecular complexity index is 938. The summed E-state index contributed by atoms with van der Waals surface area (Å²) in [6.45, 7) is 6.71. The number of nitrogens with two attached hydrogens (primary N) is 1. The van der Waals surface area contributed by atoms with Crippen LogP contribution in [0.15, 0.2) is 44.8 Å². The number of carbonyl (C=O) groups excluding carboxylic acids is 1. The second-order valence-electron chi connectivity index (χ2n) is 7.66. The minimum absolute atomic E-state index is 0.0561. The van der Waals surface area contributed by atoms with Crippen LogP contribution in [0.25, 0.3) is 0 Å². The number of anilines is 2. The Kier molecular flexibility index (Phi) is 9.23. The average molecular weight is 433 g/mol. The highest BCUT2D eigenvalue weighted by molar-refractivity contribution is 7.99. The van der Waals surface area contributed by atoms with E-state index in [1.807, 2.05) is 51.1 Å². The molecule has 1 aromatic carbocycles. The fourth-order valence-electron chi connectivity index (χ4n) is 3.13. The Morgan fingerprint density at radius 2 is 1.90 bits per heavy atom. The van der Waals surface area contributed by atoms with Crippen LogP contribution in [0.2, 0.25) is 0 Å². The van der Waals surface area contributed by atoms with Crippen LogP contribution in [-0.2, 0) is 11.3 Å². The predicted octanol–water partition coefficient (Wildman–Crippen LogP) is 3.48. The van der Waals surface area contributed by atoms with Crippen molar-refractivity contribution in [3.05, 3.63) is 51.2 Å². The third kappa shape index (κ3) is 6.52. The predicted molar refractivity (Wildman–Crippen MR) is 124 cm³/mol. The molecular formula is C22H32N4O3S. The van der Waals surface area contributed by atoms with Crippen LogP contribution in [0, 0.1) is 5.92 Å². The van der Waals surface area contributed by atoms with Crippen LogP contribution in [0.4, 0.5) is 11.5 Å². The van der Waals surface area contributed by atoms with E-state index >= 15 is 0 Å². The molecule has 0 saturated heterocycles. The highest BCUT2D eigenvalue weighted by atomic mass is 32.2. The minimum atomic E-state index is -0.611. The molecule has 2 rings (SSSR count). The molecule has 0 aliphatic carbocycles. The largest absolute Gasteiger partial charge is 0.383 e. The molecule has 1 heterocycles. The SMILES string of the molecule is CCCCN(C(=O)CCCSc1ccccc1)c1c(N)n(CC(C)C)c(=O)[nH]c1=O. The van der Waals surface area contributed by atoms with Gasteiger partial charge in [0.1, 0.15) is 5.82 Å². The molecule has 3 N–H and O–H groups in total. The second-order valence-corrected chi connectivity index (χ2v) is 8.83. The molecule has 0 atom stereocenters. The van der Waals surface area contributed by atoms with Gasteiger partial charge in [0.25, 0.3) is 5.56 Å². The van der Waals surface area contributed by atoms with Crippen molar-refractivity contribution < 1.29 is 4.79 Å². The molecule has 0 aliphatic rings. The van der Waals surface area contributed by atoms with Gasteiger partial charge in [-0.3, -0.25) is 19.1 Å². The highest BCUT2D eigenvalue weighted by Crippen LogP contribution is 2.22. The summed E-state index contributed by atoms with van der Waals surface area (Å²) in [6.07, 6.45) is 2.61. The number of hydrogen-bond donors (Lipinski definition) is 2. The molecule has 0 fully saturated rings. The van der Waals surface area contributed by atoms with Crippen molar-refractivity contribution in [1.29, 1.82) is 0 Å². The number of rotatable bonds is 11. The van der Waals surface area contributed by atoms with Crippen molar-refractivity contribution >= 4 is 29.2 Å². The van der Waals surface area contributed by atoms with E-state index in [1.54, 1.807) is 11.8 Å². The quantitative estimate of drug-likeness (QED) is 0.418. The van der Waals surface area contributed by atoms with Crippen LogP contribution in [-0.4, -0.2) is 27.8 Å². The lowest BCUT2D eigenvalue weighted by atomic mass is 10.2. The van der Waals surface area contributed by atoms with E-state index < -0.39 is 11.2 Å². The molecule has 0 spiro atoms. The zero-order valence-electron chi connectivity index (χ0n) is 18.0. The van der Waals surface area contributed by atoms with E-state index in [4.69, 9.17) is 5.73 Å². The number of aromatic amines is 1. The molecule has 0 saturated carbocycles. The maximum Gasteiger partial charge on any atom is 0.330 e. The maximum atomic E-state index is 13.0. The number of benzene rings is 1. The molecule has 1 amide bonds. The van der Waals surface area contributed by atoms with Gasteiger partial charge in [0.15, 0.2) is 5.69 Å². The van der Waals surface area contributed by atoms with Crippen LogP contribution in [0.5, 0.6) is 0 Å². The number of H-pyrrole nitrogens is 1. The van der Waals surface area contributed by atoms with Crippen LogP contribution in [0.1, 0.15) is 46.5 Å². The summed E-state index contributed by atoms with van der Waals surface area (Å²) < 4.78 is 1.35. The molecule has 164 valence electrons. The van der Waals surface area contributed by atoms with Gasteiger partial charge in [-0.2, -0.15) is 0 Å². The number of unbranched alkanes of at least 4 members (excludes halogenated alkanes) is 1. The number of nitrogen functional groups attached to an aromatic ring is 1. The van der Waals surface area contributed by atoms with Gasteiger partial charge in [0.2, 0.25) is 5.91 Å². The molecule has 8 heteroatoms. The summed E-state index contributed by atoms with van der Waals surface area (Å²) >= 11 is 1.70. The second kappa shape index (κ2) is 11.6. The Morgan fingerprint density at radius 3 is 2.53 bits per heavy atom. The number of hydrogen-bond acceptors (Lipinski definition) is 5. The number of amides is 1. The standard InChI is InChI=1S/C22H32N4O3S/c1-4-5-13-25(18(27)12-9-14-30-17-10-7-6-8-11-17)19-20(23)26(15-16(2)3)22(29)24-21(19)28/h6-8,10-11,16H,4-5,9,12-15,23H2,1-3H3,(H,24,28,29). The number of carbonyl (C=O) groups is 1. The van der Waals surface area contributed by atoms with Crippen molar-refractivity contribution in [1.82, 2.24) is 9.55 Å². The Balaban J connectivity index is 2.19. The van der Waals surface area contributed by atoms with E-state index in [-0.39, 0.29) is 23.3 Å². The third-order valence-electron chi connectivity index (χ3n) is 4.61. The summed E-state index contributed by atoms with van der Waals surface area (Å²) in [5, 5.41) is 0. The maximum absolute atomic E-state index is 13.0. The molecule has 1 aromatic heterocycles. The summed E-state index contributed by atoms with van der Waals surface area (Å²) in [5.74, 6) is 0.874. The number of thioether (sulfide) groups is 1. The highest BCUT2D eigenvalue weighted by Gasteiger charge is 2.23. The van der Waals surface area contributed by atoms with Gasteiger partial charge in [-0.15, -0.1) is 11.8 Å². The summed E-state index contributed by atoms with van der Waals surface area (Å²) in [7, 11) is 0. The molecule has 2 aromatic rings. The summed E-state index contributed by atoms with van der Waals surface area (Å²) in [5.41, 5.74) is 5.15. The first-order valence-corrected chi connectivity index (χ1v) is 11.4.